The van der Waals surface area contributed by atoms with Crippen LogP contribution < -0.4 is 0 Å². The van der Waals surface area contributed by atoms with E-state index in [0.717, 1.165) is 0 Å². The number of aliphatic carboxylic acids is 1. The van der Waals surface area contributed by atoms with Gasteiger partial charge in [0.15, 0.2) is 5.78 Å². The van der Waals surface area contributed by atoms with Gasteiger partial charge in [-0.05, 0) is 12.0 Å². The second-order valence-corrected chi connectivity index (χ2v) is 2.47. The third kappa shape index (κ3) is 1.07. The Hall–Kier alpha value is -1.12. The molecule has 10 heavy (non-hydrogen) atoms. The Morgan fingerprint density at radius 2 is 2.20 bits per heavy atom. The Morgan fingerprint density at radius 1 is 1.60 bits per heavy atom. The highest BCUT2D eigenvalue weighted by atomic mass is 16.4. The summed E-state index contributed by atoms with van der Waals surface area (Å²) < 4.78 is 0. The van der Waals surface area contributed by atoms with E-state index in [9.17, 15) is 9.59 Å². The van der Waals surface area contributed by atoms with E-state index in [-0.39, 0.29) is 12.2 Å². The number of carbonyl (C=O) groups is 2. The number of carboxylic acid groups (broad SMARTS) is 1. The Kier molecular flexibility index (Phi) is 1.57. The smallest absolute Gasteiger partial charge is 0.307 e. The molecule has 1 fully saturated rings. The Balaban J connectivity index is 2.66. The first-order valence-corrected chi connectivity index (χ1v) is 3.05. The van der Waals surface area contributed by atoms with Gasteiger partial charge in [0.25, 0.3) is 0 Å². The molecule has 1 atom stereocenters. The molecule has 0 saturated heterocycles. The summed E-state index contributed by atoms with van der Waals surface area (Å²) in [6.07, 6.45) is 0.461. The number of ketones is 1. The van der Waals surface area contributed by atoms with Gasteiger partial charge in [0, 0.05) is 6.42 Å². The molecule has 1 saturated carbocycles. The molecule has 1 unspecified atom stereocenters. The van der Waals surface area contributed by atoms with Crippen molar-refractivity contribution in [3.8, 4) is 0 Å². The molecule has 1 aliphatic carbocycles. The molecule has 1 aliphatic rings. The molecule has 0 radical (unpaired) electrons. The summed E-state index contributed by atoms with van der Waals surface area (Å²) in [6, 6.07) is 0. The van der Waals surface area contributed by atoms with Crippen molar-refractivity contribution in [3.63, 3.8) is 0 Å². The van der Waals surface area contributed by atoms with Crippen LogP contribution in [0.25, 0.3) is 0 Å². The van der Waals surface area contributed by atoms with Crippen LogP contribution in [0, 0.1) is 5.92 Å². The van der Waals surface area contributed by atoms with E-state index < -0.39 is 11.9 Å². The van der Waals surface area contributed by atoms with Crippen LogP contribution in [-0.2, 0) is 9.59 Å². The highest BCUT2D eigenvalue weighted by Gasteiger charge is 2.30. The van der Waals surface area contributed by atoms with E-state index >= 15 is 0 Å². The Morgan fingerprint density at radius 3 is 2.40 bits per heavy atom. The lowest BCUT2D eigenvalue weighted by molar-refractivity contribution is -0.142. The quantitative estimate of drug-likeness (QED) is 0.543. The first-order valence-electron chi connectivity index (χ1n) is 3.05. The van der Waals surface area contributed by atoms with E-state index in [1.165, 1.54) is 0 Å². The number of hydrogen-bond donors (Lipinski definition) is 1. The number of Topliss-reactive ketones (excluding diaryl/α,β-unsaturated/α-hetero) is 1. The molecule has 0 spiro atoms. The SMILES string of the molecule is C=C1CC(C(=O)O)CC1=O. The second kappa shape index (κ2) is 2.25. The summed E-state index contributed by atoms with van der Waals surface area (Å²) in [4.78, 5) is 21.0. The number of hydrogen-bond acceptors (Lipinski definition) is 2. The molecule has 0 aromatic carbocycles. The normalized spacial score (nSPS) is 25.4. The largest absolute Gasteiger partial charge is 0.481 e. The van der Waals surface area contributed by atoms with Crippen molar-refractivity contribution in [2.75, 3.05) is 0 Å². The number of rotatable bonds is 1. The summed E-state index contributed by atoms with van der Waals surface area (Å²) in [7, 11) is 0. The van der Waals surface area contributed by atoms with E-state index in [0.29, 0.717) is 12.0 Å². The summed E-state index contributed by atoms with van der Waals surface area (Å²) in [5.74, 6) is -1.51. The summed E-state index contributed by atoms with van der Waals surface area (Å²) in [5, 5.41) is 8.46. The van der Waals surface area contributed by atoms with Crippen LogP contribution >= 0.6 is 0 Å². The highest BCUT2D eigenvalue weighted by Crippen LogP contribution is 2.25. The standard InChI is InChI=1S/C7H8O3/c1-4-2-5(7(9)10)3-6(4)8/h5H,1-3H2,(H,9,10). The lowest BCUT2D eigenvalue weighted by atomic mass is 10.1. The van der Waals surface area contributed by atoms with Crippen LogP contribution in [0.4, 0.5) is 0 Å². The molecule has 0 aliphatic heterocycles. The maximum absolute atomic E-state index is 10.7. The molecule has 0 bridgehead atoms. The van der Waals surface area contributed by atoms with Gasteiger partial charge >= 0.3 is 5.97 Å². The minimum atomic E-state index is -0.896. The second-order valence-electron chi connectivity index (χ2n) is 2.47. The molecular formula is C7H8O3. The fourth-order valence-corrected chi connectivity index (χ4v) is 1.03. The highest BCUT2D eigenvalue weighted by molar-refractivity contribution is 6.00. The summed E-state index contributed by atoms with van der Waals surface area (Å²) >= 11 is 0. The number of carbonyl (C=O) groups excluding carboxylic acids is 1. The van der Waals surface area contributed by atoms with Crippen molar-refractivity contribution in [2.24, 2.45) is 5.92 Å². The molecule has 0 amide bonds. The van der Waals surface area contributed by atoms with Gasteiger partial charge in [-0.2, -0.15) is 0 Å². The topological polar surface area (TPSA) is 54.4 Å². The van der Waals surface area contributed by atoms with Gasteiger partial charge in [0.1, 0.15) is 0 Å². The fourth-order valence-electron chi connectivity index (χ4n) is 1.03. The van der Waals surface area contributed by atoms with Gasteiger partial charge in [0.2, 0.25) is 0 Å². The van der Waals surface area contributed by atoms with Crippen LogP contribution in [0.1, 0.15) is 12.8 Å². The van der Waals surface area contributed by atoms with E-state index in [4.69, 9.17) is 5.11 Å². The van der Waals surface area contributed by atoms with Crippen LogP contribution in [0.5, 0.6) is 0 Å². The van der Waals surface area contributed by atoms with Crippen molar-refractivity contribution in [1.82, 2.24) is 0 Å². The predicted molar refractivity (Wildman–Crippen MR) is 34.5 cm³/mol. The summed E-state index contributed by atoms with van der Waals surface area (Å²) in [5.41, 5.74) is 0.451. The van der Waals surface area contributed by atoms with Gasteiger partial charge < -0.3 is 5.11 Å². The first-order chi connectivity index (χ1) is 4.61. The Labute approximate surface area is 58.4 Å². The van der Waals surface area contributed by atoms with Crippen molar-refractivity contribution in [3.05, 3.63) is 12.2 Å². The van der Waals surface area contributed by atoms with Crippen molar-refractivity contribution in [2.45, 2.75) is 12.8 Å². The molecular weight excluding hydrogens is 132 g/mol. The molecule has 1 rings (SSSR count). The summed E-state index contributed by atoms with van der Waals surface area (Å²) in [6.45, 7) is 3.45. The minimum Gasteiger partial charge on any atom is -0.481 e. The molecule has 3 nitrogen and oxygen atoms in total. The lowest BCUT2D eigenvalue weighted by Crippen LogP contribution is -2.09. The van der Waals surface area contributed by atoms with E-state index in [2.05, 4.69) is 6.58 Å². The van der Waals surface area contributed by atoms with Gasteiger partial charge in [-0.25, -0.2) is 0 Å². The minimum absolute atomic E-state index is 0.104. The molecule has 0 aromatic heterocycles. The van der Waals surface area contributed by atoms with Gasteiger partial charge in [0.05, 0.1) is 5.92 Å². The molecule has 3 heteroatoms. The zero-order valence-electron chi connectivity index (χ0n) is 5.46. The van der Waals surface area contributed by atoms with Gasteiger partial charge in [-0.1, -0.05) is 6.58 Å². The van der Waals surface area contributed by atoms with Crippen LogP contribution in [0.3, 0.4) is 0 Å². The number of allylic oxidation sites excluding steroid dienone is 1. The average Bonchev–Trinajstić information content (AvgIpc) is 2.13. The zero-order chi connectivity index (χ0) is 7.72. The zero-order valence-corrected chi connectivity index (χ0v) is 5.46. The van der Waals surface area contributed by atoms with Gasteiger partial charge in [-0.3, -0.25) is 9.59 Å². The third-order valence-corrected chi connectivity index (χ3v) is 1.67. The third-order valence-electron chi connectivity index (χ3n) is 1.67. The fraction of sp³-hybridized carbons (Fsp3) is 0.429. The van der Waals surface area contributed by atoms with Crippen LogP contribution in [-0.4, -0.2) is 16.9 Å². The van der Waals surface area contributed by atoms with Crippen molar-refractivity contribution >= 4 is 11.8 Å². The molecule has 0 heterocycles. The molecule has 0 aromatic rings. The van der Waals surface area contributed by atoms with E-state index in [1.807, 2.05) is 0 Å². The Bertz CT molecular complexity index is 189. The molecule has 1 N–H and O–H groups in total. The molecule has 54 valence electrons. The average molecular weight is 140 g/mol. The monoisotopic (exact) mass is 140 g/mol. The lowest BCUT2D eigenvalue weighted by Gasteiger charge is -1.96. The predicted octanol–water partition coefficient (Wildman–Crippen LogP) is 0.606. The van der Waals surface area contributed by atoms with Crippen molar-refractivity contribution in [1.29, 1.82) is 0 Å². The van der Waals surface area contributed by atoms with E-state index in [1.54, 1.807) is 0 Å². The number of carboxylic acids is 1. The first kappa shape index (κ1) is 6.99. The van der Waals surface area contributed by atoms with Crippen LogP contribution in [0.2, 0.25) is 0 Å². The maximum atomic E-state index is 10.7. The van der Waals surface area contributed by atoms with Crippen LogP contribution in [0.15, 0.2) is 12.2 Å². The van der Waals surface area contributed by atoms with Gasteiger partial charge in [-0.15, -0.1) is 0 Å². The van der Waals surface area contributed by atoms with Crippen molar-refractivity contribution < 1.29 is 14.7 Å². The maximum Gasteiger partial charge on any atom is 0.307 e.